The molecular formula is C56H48N2. The largest absolute Gasteiger partial charge is 0.317 e. The number of hydrogen-bond acceptors (Lipinski definition) is 2. The molecule has 0 N–H and O–H groups in total. The van der Waals surface area contributed by atoms with Crippen LogP contribution in [0.3, 0.4) is 0 Å². The molecule has 7 aromatic carbocycles. The zero-order valence-electron chi connectivity index (χ0n) is 34.0. The summed E-state index contributed by atoms with van der Waals surface area (Å²) >= 11 is 0. The lowest BCUT2D eigenvalue weighted by Crippen LogP contribution is -2.30. The van der Waals surface area contributed by atoms with Crippen molar-refractivity contribution in [3.63, 3.8) is 0 Å². The molecule has 282 valence electrons. The fourth-order valence-corrected chi connectivity index (χ4v) is 9.76. The summed E-state index contributed by atoms with van der Waals surface area (Å²) in [5, 5.41) is 2.48. The van der Waals surface area contributed by atoms with Crippen LogP contribution in [0.15, 0.2) is 182 Å². The molecule has 0 saturated heterocycles. The lowest BCUT2D eigenvalue weighted by molar-refractivity contribution is 0.632. The molecule has 0 atom stereocenters. The molecule has 2 heterocycles. The van der Waals surface area contributed by atoms with Crippen LogP contribution in [0.2, 0.25) is 0 Å². The van der Waals surface area contributed by atoms with E-state index in [-0.39, 0.29) is 10.8 Å². The van der Waals surface area contributed by atoms with Gasteiger partial charge in [-0.2, -0.15) is 0 Å². The summed E-state index contributed by atoms with van der Waals surface area (Å²) in [6.45, 7) is 11.5. The summed E-state index contributed by atoms with van der Waals surface area (Å²) in [7, 11) is 0. The number of allylic oxidation sites excluding steroid dienone is 5. The highest BCUT2D eigenvalue weighted by atomic mass is 15.2. The number of para-hydroxylation sites is 3. The molecule has 0 aromatic heterocycles. The Balaban J connectivity index is 0.991. The maximum Gasteiger partial charge on any atom is 0.0540 e. The normalized spacial score (nSPS) is 16.1. The number of rotatable bonds is 6. The Labute approximate surface area is 343 Å². The molecule has 0 spiro atoms. The van der Waals surface area contributed by atoms with Gasteiger partial charge in [-0.15, -0.1) is 0 Å². The molecule has 0 fully saturated rings. The Hall–Kier alpha value is -6.64. The number of fused-ring (bicyclic) bond motifs is 7. The highest BCUT2D eigenvalue weighted by Crippen LogP contribution is 2.54. The quantitative estimate of drug-likeness (QED) is 0.123. The second kappa shape index (κ2) is 13.8. The smallest absolute Gasteiger partial charge is 0.0540 e. The molecule has 2 nitrogen and oxygen atoms in total. The van der Waals surface area contributed by atoms with E-state index in [1.54, 1.807) is 0 Å². The Kier molecular flexibility index (Phi) is 8.49. The SMILES string of the molecule is C/C=C\C=C/C1=CN(c2ccc3c(c2)C(C)(C)c2cc(/C=C/c4ccc(N5c6ccccc6C(C)(C)c6ccccc65)c5ccccc45)ccc2-3)c2ccccc2C1. The number of anilines is 5. The molecule has 0 radical (unpaired) electrons. The predicted molar refractivity (Wildman–Crippen MR) is 248 cm³/mol. The third-order valence-electron chi connectivity index (χ3n) is 12.8. The van der Waals surface area contributed by atoms with Crippen LogP contribution < -0.4 is 9.80 Å². The number of benzene rings is 7. The van der Waals surface area contributed by atoms with Crippen molar-refractivity contribution in [1.29, 1.82) is 0 Å². The Bertz CT molecular complexity index is 2850. The van der Waals surface area contributed by atoms with Crippen molar-refractivity contribution in [2.75, 3.05) is 9.80 Å². The first-order valence-electron chi connectivity index (χ1n) is 20.6. The molecule has 0 amide bonds. The van der Waals surface area contributed by atoms with E-state index in [4.69, 9.17) is 0 Å². The summed E-state index contributed by atoms with van der Waals surface area (Å²) in [4.78, 5) is 4.85. The van der Waals surface area contributed by atoms with Gasteiger partial charge in [-0.1, -0.05) is 173 Å². The van der Waals surface area contributed by atoms with E-state index >= 15 is 0 Å². The topological polar surface area (TPSA) is 6.48 Å². The van der Waals surface area contributed by atoms with Crippen molar-refractivity contribution < 1.29 is 0 Å². The second-order valence-electron chi connectivity index (χ2n) is 17.0. The standard InChI is InChI=1S/C56H48N2/c1-6-7-8-17-39-34-41-18-9-14-23-51(41)57(37-39)42-30-32-45-44-31-27-38(35-49(44)56(4,5)50(45)36-42)26-28-40-29-33-52(46-20-11-10-19-43(40)46)58-53-24-15-12-21-47(53)55(2,3)48-22-13-16-25-54(48)58/h6-33,35-37H,34H2,1-5H3/b7-6-,17-8-,28-26+. The van der Waals surface area contributed by atoms with Gasteiger partial charge in [-0.25, -0.2) is 0 Å². The van der Waals surface area contributed by atoms with Gasteiger partial charge in [-0.05, 0) is 104 Å². The second-order valence-corrected chi connectivity index (χ2v) is 17.0. The van der Waals surface area contributed by atoms with Gasteiger partial charge in [0.05, 0.1) is 17.1 Å². The first-order valence-corrected chi connectivity index (χ1v) is 20.6. The van der Waals surface area contributed by atoms with Crippen LogP contribution in [-0.4, -0.2) is 0 Å². The van der Waals surface area contributed by atoms with Crippen molar-refractivity contribution in [2.24, 2.45) is 0 Å². The van der Waals surface area contributed by atoms with E-state index in [9.17, 15) is 0 Å². The van der Waals surface area contributed by atoms with Crippen molar-refractivity contribution in [3.05, 3.63) is 221 Å². The third-order valence-corrected chi connectivity index (χ3v) is 12.8. The molecule has 58 heavy (non-hydrogen) atoms. The van der Waals surface area contributed by atoms with E-state index < -0.39 is 0 Å². The monoisotopic (exact) mass is 748 g/mol. The first-order chi connectivity index (χ1) is 28.2. The van der Waals surface area contributed by atoms with E-state index in [0.29, 0.717) is 0 Å². The number of nitrogens with zero attached hydrogens (tertiary/aromatic N) is 2. The first kappa shape index (κ1) is 35.8. The minimum atomic E-state index is -0.151. The minimum Gasteiger partial charge on any atom is -0.317 e. The van der Waals surface area contributed by atoms with Gasteiger partial charge in [0, 0.05) is 40.2 Å². The van der Waals surface area contributed by atoms with Crippen molar-refractivity contribution in [1.82, 2.24) is 0 Å². The molecular weight excluding hydrogens is 701 g/mol. The number of hydrogen-bond donors (Lipinski definition) is 0. The highest BCUT2D eigenvalue weighted by Gasteiger charge is 2.38. The zero-order chi connectivity index (χ0) is 39.6. The third kappa shape index (κ3) is 5.70. The minimum absolute atomic E-state index is 0.0965. The Morgan fingerprint density at radius 3 is 1.86 bits per heavy atom. The van der Waals surface area contributed by atoms with Gasteiger partial charge in [0.2, 0.25) is 0 Å². The fourth-order valence-electron chi connectivity index (χ4n) is 9.76. The zero-order valence-corrected chi connectivity index (χ0v) is 34.0. The maximum atomic E-state index is 2.47. The van der Waals surface area contributed by atoms with Crippen LogP contribution in [0.5, 0.6) is 0 Å². The Morgan fingerprint density at radius 2 is 1.12 bits per heavy atom. The summed E-state index contributed by atoms with van der Waals surface area (Å²) in [5.74, 6) is 0. The van der Waals surface area contributed by atoms with Crippen LogP contribution in [-0.2, 0) is 17.3 Å². The van der Waals surface area contributed by atoms with Crippen LogP contribution in [0.25, 0.3) is 34.1 Å². The molecule has 0 unspecified atom stereocenters. The van der Waals surface area contributed by atoms with Gasteiger partial charge >= 0.3 is 0 Å². The van der Waals surface area contributed by atoms with Gasteiger partial charge in [0.1, 0.15) is 0 Å². The van der Waals surface area contributed by atoms with E-state index in [2.05, 4.69) is 233 Å². The predicted octanol–water partition coefficient (Wildman–Crippen LogP) is 15.1. The molecule has 7 aromatic rings. The van der Waals surface area contributed by atoms with Gasteiger partial charge < -0.3 is 9.80 Å². The van der Waals surface area contributed by atoms with Gasteiger partial charge in [0.25, 0.3) is 0 Å². The lowest BCUT2D eigenvalue weighted by atomic mass is 9.73. The van der Waals surface area contributed by atoms with Crippen molar-refractivity contribution >= 4 is 51.4 Å². The molecule has 2 aliphatic heterocycles. The van der Waals surface area contributed by atoms with Crippen LogP contribution >= 0.6 is 0 Å². The van der Waals surface area contributed by atoms with Crippen molar-refractivity contribution in [3.8, 4) is 11.1 Å². The summed E-state index contributed by atoms with van der Waals surface area (Å²) in [5.41, 5.74) is 19.0. The van der Waals surface area contributed by atoms with Crippen molar-refractivity contribution in [2.45, 2.75) is 51.9 Å². The van der Waals surface area contributed by atoms with E-state index in [0.717, 1.165) is 6.42 Å². The average molecular weight is 749 g/mol. The lowest BCUT2D eigenvalue weighted by Gasteiger charge is -2.42. The summed E-state index contributed by atoms with van der Waals surface area (Å²) in [6, 6.07) is 54.1. The average Bonchev–Trinajstić information content (AvgIpc) is 3.47. The summed E-state index contributed by atoms with van der Waals surface area (Å²) < 4.78 is 0. The molecule has 0 saturated carbocycles. The Morgan fingerprint density at radius 1 is 0.500 bits per heavy atom. The molecule has 1 aliphatic carbocycles. The summed E-state index contributed by atoms with van der Waals surface area (Å²) in [6.07, 6.45) is 16.4. The van der Waals surface area contributed by atoms with Crippen LogP contribution in [0.4, 0.5) is 28.4 Å². The van der Waals surface area contributed by atoms with Crippen LogP contribution in [0.1, 0.15) is 73.6 Å². The molecule has 2 heteroatoms. The van der Waals surface area contributed by atoms with E-state index in [1.165, 1.54) is 94.9 Å². The molecule has 10 rings (SSSR count). The van der Waals surface area contributed by atoms with Gasteiger partial charge in [0.15, 0.2) is 0 Å². The molecule has 0 bridgehead atoms. The molecule has 3 aliphatic rings. The fraction of sp³-hybridized carbons (Fsp3) is 0.143. The maximum absolute atomic E-state index is 2.47. The highest BCUT2D eigenvalue weighted by molar-refractivity contribution is 6.05. The van der Waals surface area contributed by atoms with Crippen LogP contribution in [0, 0.1) is 0 Å². The van der Waals surface area contributed by atoms with E-state index in [1.807, 2.05) is 0 Å². The van der Waals surface area contributed by atoms with Gasteiger partial charge in [-0.3, -0.25) is 0 Å².